The summed E-state index contributed by atoms with van der Waals surface area (Å²) in [5, 5.41) is 4.21. The van der Waals surface area contributed by atoms with E-state index >= 15 is 0 Å². The summed E-state index contributed by atoms with van der Waals surface area (Å²) in [7, 11) is 0. The van der Waals surface area contributed by atoms with E-state index in [4.69, 9.17) is 11.6 Å². The van der Waals surface area contributed by atoms with Gasteiger partial charge >= 0.3 is 0 Å². The standard InChI is InChI=1S/C14H18ClN3/c1-12-10-18(11-17-12)8-2-7-16-9-13-3-5-14(15)6-4-13/h3-6,10-11,16H,2,7-9H2,1H3. The highest BCUT2D eigenvalue weighted by molar-refractivity contribution is 6.30. The molecule has 3 nitrogen and oxygen atoms in total. The summed E-state index contributed by atoms with van der Waals surface area (Å²) >= 11 is 5.84. The van der Waals surface area contributed by atoms with Crippen LogP contribution in [0.1, 0.15) is 17.7 Å². The highest BCUT2D eigenvalue weighted by Gasteiger charge is 1.95. The van der Waals surface area contributed by atoms with Crippen LogP contribution in [-0.4, -0.2) is 16.1 Å². The Balaban J connectivity index is 1.63. The molecule has 18 heavy (non-hydrogen) atoms. The Morgan fingerprint density at radius 3 is 2.72 bits per heavy atom. The lowest BCUT2D eigenvalue weighted by Crippen LogP contribution is -2.16. The Bertz CT molecular complexity index is 476. The van der Waals surface area contributed by atoms with Gasteiger partial charge in [0, 0.05) is 24.3 Å². The highest BCUT2D eigenvalue weighted by atomic mass is 35.5. The van der Waals surface area contributed by atoms with Crippen LogP contribution in [0.2, 0.25) is 5.02 Å². The second-order valence-electron chi connectivity index (χ2n) is 4.41. The molecule has 1 aromatic heterocycles. The van der Waals surface area contributed by atoms with Gasteiger partial charge in [0.05, 0.1) is 12.0 Å². The zero-order valence-corrected chi connectivity index (χ0v) is 11.3. The minimum atomic E-state index is 0.786. The van der Waals surface area contributed by atoms with Crippen LogP contribution in [-0.2, 0) is 13.1 Å². The summed E-state index contributed by atoms with van der Waals surface area (Å²) in [5.41, 5.74) is 2.34. The van der Waals surface area contributed by atoms with Gasteiger partial charge in [0.15, 0.2) is 0 Å². The van der Waals surface area contributed by atoms with Crippen molar-refractivity contribution in [1.82, 2.24) is 14.9 Å². The van der Waals surface area contributed by atoms with Crippen LogP contribution in [0.5, 0.6) is 0 Å². The molecule has 0 saturated carbocycles. The van der Waals surface area contributed by atoms with Crippen molar-refractivity contribution in [2.75, 3.05) is 6.54 Å². The Morgan fingerprint density at radius 2 is 2.06 bits per heavy atom. The molecule has 0 aliphatic rings. The van der Waals surface area contributed by atoms with Crippen molar-refractivity contribution < 1.29 is 0 Å². The zero-order valence-electron chi connectivity index (χ0n) is 10.6. The smallest absolute Gasteiger partial charge is 0.0949 e. The fourth-order valence-electron chi connectivity index (χ4n) is 1.82. The van der Waals surface area contributed by atoms with Gasteiger partial charge in [-0.05, 0) is 37.6 Å². The number of benzene rings is 1. The van der Waals surface area contributed by atoms with Gasteiger partial charge in [-0.3, -0.25) is 0 Å². The molecule has 1 N–H and O–H groups in total. The largest absolute Gasteiger partial charge is 0.337 e. The number of imidazole rings is 1. The van der Waals surface area contributed by atoms with Gasteiger partial charge in [0.25, 0.3) is 0 Å². The topological polar surface area (TPSA) is 29.9 Å². The van der Waals surface area contributed by atoms with Crippen LogP contribution in [0.4, 0.5) is 0 Å². The number of hydrogen-bond donors (Lipinski definition) is 1. The van der Waals surface area contributed by atoms with Gasteiger partial charge in [-0.15, -0.1) is 0 Å². The first-order chi connectivity index (χ1) is 8.74. The number of nitrogens with one attached hydrogen (secondary N) is 1. The van der Waals surface area contributed by atoms with E-state index in [0.717, 1.165) is 36.8 Å². The lowest BCUT2D eigenvalue weighted by molar-refractivity contribution is 0.580. The third-order valence-corrected chi connectivity index (χ3v) is 3.03. The maximum atomic E-state index is 5.84. The van der Waals surface area contributed by atoms with Crippen LogP contribution in [0.15, 0.2) is 36.8 Å². The second kappa shape index (κ2) is 6.57. The first-order valence-electron chi connectivity index (χ1n) is 6.17. The molecule has 0 fully saturated rings. The average molecular weight is 264 g/mol. The minimum absolute atomic E-state index is 0.786. The molecule has 96 valence electrons. The molecule has 0 saturated heterocycles. The Morgan fingerprint density at radius 1 is 1.28 bits per heavy atom. The Labute approximate surface area is 113 Å². The summed E-state index contributed by atoms with van der Waals surface area (Å²) in [5.74, 6) is 0. The monoisotopic (exact) mass is 263 g/mol. The molecule has 0 aliphatic carbocycles. The quantitative estimate of drug-likeness (QED) is 0.812. The van der Waals surface area contributed by atoms with Crippen molar-refractivity contribution in [3.63, 3.8) is 0 Å². The van der Waals surface area contributed by atoms with Gasteiger partial charge in [-0.2, -0.15) is 0 Å². The van der Waals surface area contributed by atoms with E-state index in [1.54, 1.807) is 0 Å². The number of rotatable bonds is 6. The number of nitrogens with zero attached hydrogens (tertiary/aromatic N) is 2. The van der Waals surface area contributed by atoms with E-state index < -0.39 is 0 Å². The molecule has 2 rings (SSSR count). The molecule has 0 atom stereocenters. The van der Waals surface area contributed by atoms with E-state index in [2.05, 4.69) is 33.2 Å². The van der Waals surface area contributed by atoms with Crippen LogP contribution < -0.4 is 5.32 Å². The van der Waals surface area contributed by atoms with Gasteiger partial charge in [0.1, 0.15) is 0 Å². The summed E-state index contributed by atoms with van der Waals surface area (Å²) in [6.07, 6.45) is 5.05. The normalized spacial score (nSPS) is 10.8. The zero-order chi connectivity index (χ0) is 12.8. The molecular formula is C14H18ClN3. The molecule has 0 unspecified atom stereocenters. The van der Waals surface area contributed by atoms with Crippen molar-refractivity contribution in [2.24, 2.45) is 0 Å². The molecule has 0 amide bonds. The maximum absolute atomic E-state index is 5.84. The molecule has 4 heteroatoms. The SMILES string of the molecule is Cc1cn(CCCNCc2ccc(Cl)cc2)cn1. The summed E-state index contributed by atoms with van der Waals surface area (Å²) in [4.78, 5) is 4.20. The third kappa shape index (κ3) is 4.17. The van der Waals surface area contributed by atoms with E-state index in [9.17, 15) is 0 Å². The van der Waals surface area contributed by atoms with Crippen molar-refractivity contribution in [3.8, 4) is 0 Å². The molecule has 0 aliphatic heterocycles. The summed E-state index contributed by atoms with van der Waals surface area (Å²) in [6.45, 7) is 4.91. The molecule has 0 bridgehead atoms. The maximum Gasteiger partial charge on any atom is 0.0949 e. The minimum Gasteiger partial charge on any atom is -0.337 e. The van der Waals surface area contributed by atoms with Crippen LogP contribution in [0.25, 0.3) is 0 Å². The van der Waals surface area contributed by atoms with Gasteiger partial charge in [-0.25, -0.2) is 4.98 Å². The molecule has 2 aromatic rings. The van der Waals surface area contributed by atoms with E-state index in [1.807, 2.05) is 25.4 Å². The molecular weight excluding hydrogens is 246 g/mol. The predicted octanol–water partition coefficient (Wildman–Crippen LogP) is 3.02. The first kappa shape index (κ1) is 13.1. The Hall–Kier alpha value is -1.32. The summed E-state index contributed by atoms with van der Waals surface area (Å²) < 4.78 is 2.12. The first-order valence-corrected chi connectivity index (χ1v) is 6.55. The van der Waals surface area contributed by atoms with Gasteiger partial charge < -0.3 is 9.88 Å². The fourth-order valence-corrected chi connectivity index (χ4v) is 1.94. The van der Waals surface area contributed by atoms with Gasteiger partial charge in [0.2, 0.25) is 0 Å². The molecule has 1 heterocycles. The van der Waals surface area contributed by atoms with Crippen molar-refractivity contribution in [3.05, 3.63) is 53.1 Å². The van der Waals surface area contributed by atoms with Crippen molar-refractivity contribution in [2.45, 2.75) is 26.4 Å². The summed E-state index contributed by atoms with van der Waals surface area (Å²) in [6, 6.07) is 7.95. The van der Waals surface area contributed by atoms with Crippen LogP contribution >= 0.6 is 11.6 Å². The predicted molar refractivity (Wildman–Crippen MR) is 74.7 cm³/mol. The third-order valence-electron chi connectivity index (χ3n) is 2.77. The molecule has 0 spiro atoms. The average Bonchev–Trinajstić information content (AvgIpc) is 2.77. The lowest BCUT2D eigenvalue weighted by atomic mass is 10.2. The van der Waals surface area contributed by atoms with Gasteiger partial charge in [-0.1, -0.05) is 23.7 Å². The Kier molecular flexibility index (Phi) is 4.79. The number of halogens is 1. The van der Waals surface area contributed by atoms with Crippen molar-refractivity contribution in [1.29, 1.82) is 0 Å². The number of hydrogen-bond acceptors (Lipinski definition) is 2. The number of aromatic nitrogens is 2. The highest BCUT2D eigenvalue weighted by Crippen LogP contribution is 2.09. The molecule has 0 radical (unpaired) electrons. The van der Waals surface area contributed by atoms with E-state index in [0.29, 0.717) is 0 Å². The number of aryl methyl sites for hydroxylation is 2. The second-order valence-corrected chi connectivity index (χ2v) is 4.85. The van der Waals surface area contributed by atoms with Crippen molar-refractivity contribution >= 4 is 11.6 Å². The van der Waals surface area contributed by atoms with E-state index in [-0.39, 0.29) is 0 Å². The molecule has 1 aromatic carbocycles. The lowest BCUT2D eigenvalue weighted by Gasteiger charge is -2.05. The van der Waals surface area contributed by atoms with Crippen LogP contribution in [0, 0.1) is 6.92 Å². The fraction of sp³-hybridized carbons (Fsp3) is 0.357. The van der Waals surface area contributed by atoms with E-state index in [1.165, 1.54) is 5.56 Å². The van der Waals surface area contributed by atoms with Crippen LogP contribution in [0.3, 0.4) is 0 Å².